The first-order chi connectivity index (χ1) is 12.5. The zero-order valence-electron chi connectivity index (χ0n) is 16.0. The Morgan fingerprint density at radius 2 is 1.37 bits per heavy atom. The molecule has 0 aliphatic carbocycles. The zero-order valence-corrected chi connectivity index (χ0v) is 18.4. The summed E-state index contributed by atoms with van der Waals surface area (Å²) in [7, 11) is 0. The molecular formula is C22H23IrN4-. The summed E-state index contributed by atoms with van der Waals surface area (Å²) in [5, 5.41) is 8.46. The molecule has 0 atom stereocenters. The van der Waals surface area contributed by atoms with Crippen LogP contribution in [0.3, 0.4) is 0 Å². The Bertz CT molecular complexity index is 919. The third-order valence-electron chi connectivity index (χ3n) is 3.88. The van der Waals surface area contributed by atoms with Gasteiger partial charge >= 0.3 is 0 Å². The molecular weight excluding hydrogens is 512 g/mol. The fourth-order valence-corrected chi connectivity index (χ4v) is 2.57. The SMILES string of the molecule is Cc1cc[c-]c(-n2cc(C)cn2)c1.Cc1cccc(-n2cc(C)cn2)c1.[Ir]. The molecule has 0 saturated heterocycles. The van der Waals surface area contributed by atoms with E-state index < -0.39 is 0 Å². The number of aryl methyl sites for hydroxylation is 4. The van der Waals surface area contributed by atoms with Gasteiger partial charge in [-0.3, -0.25) is 4.68 Å². The molecule has 0 aliphatic rings. The number of benzene rings is 2. The second-order valence-electron chi connectivity index (χ2n) is 6.51. The van der Waals surface area contributed by atoms with Gasteiger partial charge in [-0.1, -0.05) is 19.1 Å². The minimum Gasteiger partial charge on any atom is -0.265 e. The molecule has 0 amide bonds. The number of rotatable bonds is 2. The first-order valence-corrected chi connectivity index (χ1v) is 8.59. The Morgan fingerprint density at radius 1 is 0.741 bits per heavy atom. The monoisotopic (exact) mass is 536 g/mol. The van der Waals surface area contributed by atoms with Gasteiger partial charge in [0.2, 0.25) is 0 Å². The third kappa shape index (κ3) is 5.75. The quantitative estimate of drug-likeness (QED) is 0.347. The van der Waals surface area contributed by atoms with Crippen molar-refractivity contribution in [2.24, 2.45) is 0 Å². The van der Waals surface area contributed by atoms with Gasteiger partial charge in [-0.05, 0) is 55.3 Å². The number of aromatic nitrogens is 4. The molecule has 4 nitrogen and oxygen atoms in total. The van der Waals surface area contributed by atoms with Crippen LogP contribution in [0.2, 0.25) is 0 Å². The predicted octanol–water partition coefficient (Wildman–Crippen LogP) is 4.78. The van der Waals surface area contributed by atoms with Crippen molar-refractivity contribution in [2.75, 3.05) is 0 Å². The van der Waals surface area contributed by atoms with Crippen LogP contribution in [0.5, 0.6) is 0 Å². The zero-order chi connectivity index (χ0) is 18.5. The van der Waals surface area contributed by atoms with Gasteiger partial charge in [-0.15, -0.1) is 6.07 Å². The second-order valence-corrected chi connectivity index (χ2v) is 6.51. The van der Waals surface area contributed by atoms with Crippen molar-refractivity contribution >= 4 is 0 Å². The number of nitrogens with zero attached hydrogens (tertiary/aromatic N) is 4. The topological polar surface area (TPSA) is 35.6 Å². The van der Waals surface area contributed by atoms with Crippen LogP contribution in [-0.4, -0.2) is 19.6 Å². The molecule has 0 bridgehead atoms. The van der Waals surface area contributed by atoms with Gasteiger partial charge in [0.1, 0.15) is 0 Å². The maximum absolute atomic E-state index is 4.24. The predicted molar refractivity (Wildman–Crippen MR) is 105 cm³/mol. The van der Waals surface area contributed by atoms with Gasteiger partial charge in [0, 0.05) is 32.5 Å². The van der Waals surface area contributed by atoms with Crippen LogP contribution in [0.4, 0.5) is 0 Å². The smallest absolute Gasteiger partial charge is 0.0648 e. The van der Waals surface area contributed by atoms with E-state index in [0.717, 1.165) is 16.9 Å². The van der Waals surface area contributed by atoms with Crippen LogP contribution in [0.1, 0.15) is 22.3 Å². The van der Waals surface area contributed by atoms with Crippen molar-refractivity contribution in [1.29, 1.82) is 0 Å². The van der Waals surface area contributed by atoms with E-state index in [4.69, 9.17) is 0 Å². The summed E-state index contributed by atoms with van der Waals surface area (Å²) in [6, 6.07) is 17.4. The maximum Gasteiger partial charge on any atom is 0.0648 e. The van der Waals surface area contributed by atoms with E-state index in [2.05, 4.69) is 54.4 Å². The van der Waals surface area contributed by atoms with Gasteiger partial charge in [0.15, 0.2) is 0 Å². The fourth-order valence-electron chi connectivity index (χ4n) is 2.57. The van der Waals surface area contributed by atoms with Crippen LogP contribution in [0.15, 0.2) is 67.3 Å². The van der Waals surface area contributed by atoms with Gasteiger partial charge in [0.05, 0.1) is 18.1 Å². The number of hydrogen-bond acceptors (Lipinski definition) is 2. The van der Waals surface area contributed by atoms with Crippen molar-refractivity contribution in [2.45, 2.75) is 27.7 Å². The van der Waals surface area contributed by atoms with E-state index >= 15 is 0 Å². The van der Waals surface area contributed by atoms with E-state index in [1.807, 2.05) is 66.2 Å². The summed E-state index contributed by atoms with van der Waals surface area (Å²) in [4.78, 5) is 0. The van der Waals surface area contributed by atoms with E-state index in [0.29, 0.717) is 0 Å². The van der Waals surface area contributed by atoms with Gasteiger partial charge < -0.3 is 0 Å². The summed E-state index contributed by atoms with van der Waals surface area (Å²) in [6.07, 6.45) is 7.72. The normalized spacial score (nSPS) is 9.93. The van der Waals surface area contributed by atoms with Crippen molar-refractivity contribution < 1.29 is 20.1 Å². The van der Waals surface area contributed by atoms with E-state index in [9.17, 15) is 0 Å². The summed E-state index contributed by atoms with van der Waals surface area (Å²) >= 11 is 0. The van der Waals surface area contributed by atoms with Crippen LogP contribution in [0, 0.1) is 33.8 Å². The molecule has 4 rings (SSSR count). The Balaban J connectivity index is 0.000000187. The molecule has 0 N–H and O–H groups in total. The first-order valence-electron chi connectivity index (χ1n) is 8.59. The molecule has 141 valence electrons. The summed E-state index contributed by atoms with van der Waals surface area (Å²) in [5.41, 5.74) is 6.94. The van der Waals surface area contributed by atoms with E-state index in [-0.39, 0.29) is 20.1 Å². The van der Waals surface area contributed by atoms with Crippen molar-refractivity contribution in [1.82, 2.24) is 19.6 Å². The molecule has 5 heteroatoms. The molecule has 2 heterocycles. The molecule has 2 aromatic heterocycles. The second kappa shape index (κ2) is 9.45. The molecule has 2 aromatic carbocycles. The van der Waals surface area contributed by atoms with Gasteiger partial charge in [-0.25, -0.2) is 4.68 Å². The molecule has 0 aliphatic heterocycles. The summed E-state index contributed by atoms with van der Waals surface area (Å²) < 4.78 is 3.73. The van der Waals surface area contributed by atoms with Crippen molar-refractivity contribution in [3.05, 3.63) is 95.6 Å². The van der Waals surface area contributed by atoms with Crippen LogP contribution in [-0.2, 0) is 20.1 Å². The minimum atomic E-state index is 0. The Kier molecular flexibility index (Phi) is 7.28. The van der Waals surface area contributed by atoms with Crippen molar-refractivity contribution in [3.63, 3.8) is 0 Å². The van der Waals surface area contributed by atoms with Gasteiger partial charge in [0.25, 0.3) is 0 Å². The van der Waals surface area contributed by atoms with Gasteiger partial charge in [-0.2, -0.15) is 34.0 Å². The average Bonchev–Trinajstić information content (AvgIpc) is 3.24. The molecule has 0 spiro atoms. The molecule has 0 unspecified atom stereocenters. The Morgan fingerprint density at radius 3 is 1.93 bits per heavy atom. The van der Waals surface area contributed by atoms with E-state index in [1.54, 1.807) is 0 Å². The Labute approximate surface area is 174 Å². The van der Waals surface area contributed by atoms with Crippen molar-refractivity contribution in [3.8, 4) is 11.4 Å². The van der Waals surface area contributed by atoms with Crippen LogP contribution >= 0.6 is 0 Å². The van der Waals surface area contributed by atoms with Crippen LogP contribution in [0.25, 0.3) is 11.4 Å². The van der Waals surface area contributed by atoms with E-state index in [1.165, 1.54) is 16.7 Å². The summed E-state index contributed by atoms with van der Waals surface area (Å²) in [5.74, 6) is 0. The molecule has 0 fully saturated rings. The maximum atomic E-state index is 4.24. The molecule has 0 saturated carbocycles. The molecule has 1 radical (unpaired) electrons. The standard InChI is InChI=1S/C11H12N2.C11H11N2.Ir/c2*1-9-4-3-5-11(6-9)13-8-10(2)7-12-13;/h3-8H,1-2H3;3-4,6-8H,1-2H3;/q;-1;. The molecule has 4 aromatic rings. The molecule has 27 heavy (non-hydrogen) atoms. The Hall–Kier alpha value is -2.49. The fraction of sp³-hybridized carbons (Fsp3) is 0.182. The minimum absolute atomic E-state index is 0. The largest absolute Gasteiger partial charge is 0.265 e. The first kappa shape index (κ1) is 20.8. The van der Waals surface area contributed by atoms with Crippen LogP contribution < -0.4 is 0 Å². The number of hydrogen-bond donors (Lipinski definition) is 0. The third-order valence-corrected chi connectivity index (χ3v) is 3.88. The summed E-state index contributed by atoms with van der Waals surface area (Å²) in [6.45, 7) is 8.21. The average molecular weight is 536 g/mol.